The van der Waals surface area contributed by atoms with Crippen molar-refractivity contribution in [3.63, 3.8) is 0 Å². The summed E-state index contributed by atoms with van der Waals surface area (Å²) in [7, 11) is -2.37. The molecule has 3 heterocycles. The third-order valence-electron chi connectivity index (χ3n) is 11.6. The Kier molecular flexibility index (Phi) is 12.9. The molecule has 4 N–H and O–H groups in total. The summed E-state index contributed by atoms with van der Waals surface area (Å²) in [6.45, 7) is 17.0. The molecule has 7 atom stereocenters. The van der Waals surface area contributed by atoms with Gasteiger partial charge in [-0.05, 0) is 69.9 Å². The first kappa shape index (κ1) is 43.4. The molecule has 6 rings (SSSR count). The Morgan fingerprint density at radius 1 is 1.12 bits per heavy atom. The number of carbonyl (C=O) groups excluding carboxylic acids is 3. The van der Waals surface area contributed by atoms with E-state index in [1.807, 2.05) is 71.2 Å². The standard InChI is InChI=1S/C42H59N6O8PS/c1-10-25(5)57(52,53)42(21-26(42)11-2)47-37(49)34-19-29(22-48(34)38(50)36(41(6,7)8)46-40(51)56-27-14-12-13-15-27)55-35-20-32(33-23-58-39(45-33)43-24(3)4)44-31-18-28(54-9)16-17-30(31)35/h11,16-18,20,23-27,29,34,36H,2,10,12-15,19,21-22H2,1,3-9H3,(H,43,45)(H,46,51)(H,47,49)(H,52,53)/t25?,26-,29-,34+,36-,42+/m1/s1. The Labute approximate surface area is 345 Å². The number of amides is 3. The predicted molar refractivity (Wildman–Crippen MR) is 227 cm³/mol. The lowest BCUT2D eigenvalue weighted by Gasteiger charge is -2.36. The van der Waals surface area contributed by atoms with Gasteiger partial charge in [-0.15, -0.1) is 17.9 Å². The number of thiazole rings is 1. The molecule has 2 aliphatic carbocycles. The molecule has 2 aromatic heterocycles. The Bertz CT molecular complexity index is 2060. The van der Waals surface area contributed by atoms with E-state index in [2.05, 4.69) is 22.5 Å². The Morgan fingerprint density at radius 3 is 2.47 bits per heavy atom. The lowest BCUT2D eigenvalue weighted by Crippen LogP contribution is -2.58. The third kappa shape index (κ3) is 9.01. The van der Waals surface area contributed by atoms with E-state index in [1.165, 1.54) is 16.2 Å². The van der Waals surface area contributed by atoms with Crippen molar-refractivity contribution in [3.05, 3.63) is 42.3 Å². The lowest BCUT2D eigenvalue weighted by atomic mass is 9.85. The number of hydrogen-bond donors (Lipinski definition) is 4. The van der Waals surface area contributed by atoms with E-state index < -0.39 is 65.7 Å². The quantitative estimate of drug-likeness (QED) is 0.0870. The van der Waals surface area contributed by atoms with Crippen LogP contribution >= 0.6 is 18.7 Å². The maximum atomic E-state index is 14.8. The van der Waals surface area contributed by atoms with Crippen LogP contribution in [0.1, 0.15) is 93.4 Å². The van der Waals surface area contributed by atoms with E-state index in [9.17, 15) is 23.8 Å². The van der Waals surface area contributed by atoms with Crippen LogP contribution in [0.15, 0.2) is 42.3 Å². The fourth-order valence-corrected chi connectivity index (χ4v) is 11.4. The third-order valence-corrected chi connectivity index (χ3v) is 15.7. The zero-order valence-electron chi connectivity index (χ0n) is 34.9. The van der Waals surface area contributed by atoms with Gasteiger partial charge in [-0.1, -0.05) is 40.7 Å². The molecule has 58 heavy (non-hydrogen) atoms. The zero-order chi connectivity index (χ0) is 42.2. The number of alkyl carbamates (subject to hydrolysis) is 1. The van der Waals surface area contributed by atoms with Crippen LogP contribution in [0.3, 0.4) is 0 Å². The molecule has 0 spiro atoms. The van der Waals surface area contributed by atoms with Gasteiger partial charge < -0.3 is 40.0 Å². The molecule has 1 saturated heterocycles. The van der Waals surface area contributed by atoms with Gasteiger partial charge in [0.15, 0.2) is 5.13 Å². The van der Waals surface area contributed by atoms with Crippen molar-refractivity contribution in [2.75, 3.05) is 19.0 Å². The van der Waals surface area contributed by atoms with Crippen molar-refractivity contribution in [3.8, 4) is 22.9 Å². The van der Waals surface area contributed by atoms with Gasteiger partial charge in [0.2, 0.25) is 19.2 Å². The molecule has 1 aromatic carbocycles. The highest BCUT2D eigenvalue weighted by molar-refractivity contribution is 7.60. The highest BCUT2D eigenvalue weighted by atomic mass is 32.1. The highest BCUT2D eigenvalue weighted by Crippen LogP contribution is 2.72. The minimum Gasteiger partial charge on any atom is -0.497 e. The number of nitrogens with one attached hydrogen (secondary N) is 3. The summed E-state index contributed by atoms with van der Waals surface area (Å²) in [6, 6.07) is 5.32. The van der Waals surface area contributed by atoms with Crippen LogP contribution < -0.4 is 25.4 Å². The van der Waals surface area contributed by atoms with Crippen LogP contribution in [-0.4, -0.2) is 92.6 Å². The van der Waals surface area contributed by atoms with E-state index >= 15 is 0 Å². The van der Waals surface area contributed by atoms with Crippen molar-refractivity contribution in [2.24, 2.45) is 11.3 Å². The number of pyridine rings is 1. The number of carbonyl (C=O) groups is 3. The molecular weight excluding hydrogens is 780 g/mol. The Balaban J connectivity index is 1.35. The van der Waals surface area contributed by atoms with Gasteiger partial charge in [0.25, 0.3) is 0 Å². The first-order valence-corrected chi connectivity index (χ1v) is 22.9. The molecule has 2 unspecified atom stereocenters. The van der Waals surface area contributed by atoms with E-state index in [0.717, 1.165) is 30.8 Å². The average Bonchev–Trinajstić information content (AvgIpc) is 3.58. The van der Waals surface area contributed by atoms with Crippen LogP contribution in [0, 0.1) is 11.3 Å². The molecular formula is C42H59N6O8PS. The van der Waals surface area contributed by atoms with Crippen molar-refractivity contribution in [2.45, 2.75) is 135 Å². The number of hydrogen-bond acceptors (Lipinski definition) is 11. The van der Waals surface area contributed by atoms with Crippen molar-refractivity contribution in [1.29, 1.82) is 0 Å². The lowest BCUT2D eigenvalue weighted by molar-refractivity contribution is -0.142. The number of aromatic nitrogens is 2. The molecule has 3 aromatic rings. The van der Waals surface area contributed by atoms with E-state index in [-0.39, 0.29) is 31.5 Å². The summed E-state index contributed by atoms with van der Waals surface area (Å²) in [6.07, 6.45) is 4.27. The SMILES string of the molecule is C=C[C@@H]1C[C@]1(NC(=O)[C@@H]1C[C@@H](Oc2cc(-c3csc(NC(C)C)n3)nc3cc(OC)ccc23)CN1C(=O)[C@@H](NC(=O)OC1CCCC1)C(C)(C)C)P(=O)(O)C(C)CC. The average molecular weight is 839 g/mol. The fraction of sp³-hybridized carbons (Fsp3) is 0.595. The maximum Gasteiger partial charge on any atom is 0.408 e. The molecule has 0 bridgehead atoms. The zero-order valence-corrected chi connectivity index (χ0v) is 36.6. The number of fused-ring (bicyclic) bond motifs is 1. The van der Waals surface area contributed by atoms with Crippen LogP contribution in [0.2, 0.25) is 0 Å². The summed E-state index contributed by atoms with van der Waals surface area (Å²) >= 11 is 1.47. The van der Waals surface area contributed by atoms with Crippen molar-refractivity contribution >= 4 is 52.6 Å². The van der Waals surface area contributed by atoms with Gasteiger partial charge >= 0.3 is 6.09 Å². The summed E-state index contributed by atoms with van der Waals surface area (Å²) in [5.74, 6) is -0.385. The minimum atomic E-state index is -3.95. The smallest absolute Gasteiger partial charge is 0.408 e. The number of rotatable bonds is 15. The first-order chi connectivity index (χ1) is 27.4. The second-order valence-electron chi connectivity index (χ2n) is 17.3. The van der Waals surface area contributed by atoms with Crippen LogP contribution in [0.5, 0.6) is 11.5 Å². The summed E-state index contributed by atoms with van der Waals surface area (Å²) in [5, 5.41) is 11.1. The number of methoxy groups -OCH3 is 1. The molecule has 1 aliphatic heterocycles. The topological polar surface area (TPSA) is 181 Å². The van der Waals surface area contributed by atoms with Gasteiger partial charge in [0, 0.05) is 46.9 Å². The Hall–Kier alpha value is -4.20. The number of benzene rings is 1. The van der Waals surface area contributed by atoms with Gasteiger partial charge in [-0.3, -0.25) is 14.2 Å². The molecule has 3 aliphatic rings. The number of likely N-dealkylation sites (tertiary alicyclic amines) is 1. The molecule has 3 amide bonds. The van der Waals surface area contributed by atoms with E-state index in [4.69, 9.17) is 24.2 Å². The summed E-state index contributed by atoms with van der Waals surface area (Å²) in [4.78, 5) is 65.2. The van der Waals surface area contributed by atoms with Gasteiger partial charge in [0.05, 0.1) is 24.9 Å². The Morgan fingerprint density at radius 2 is 1.84 bits per heavy atom. The summed E-state index contributed by atoms with van der Waals surface area (Å²) < 4.78 is 32.0. The van der Waals surface area contributed by atoms with Crippen LogP contribution in [-0.2, 0) is 18.9 Å². The maximum absolute atomic E-state index is 14.8. The largest absolute Gasteiger partial charge is 0.497 e. The van der Waals surface area contributed by atoms with Crippen LogP contribution in [0.25, 0.3) is 22.3 Å². The van der Waals surface area contributed by atoms with E-state index in [0.29, 0.717) is 40.2 Å². The normalized spacial score (nSPS) is 24.2. The molecule has 316 valence electrons. The van der Waals surface area contributed by atoms with Crippen molar-refractivity contribution < 1.29 is 38.1 Å². The highest BCUT2D eigenvalue weighted by Gasteiger charge is 2.67. The van der Waals surface area contributed by atoms with Gasteiger partial charge in [0.1, 0.15) is 46.8 Å². The second-order valence-corrected chi connectivity index (χ2v) is 21.1. The number of nitrogens with zero attached hydrogens (tertiary/aromatic N) is 3. The van der Waals surface area contributed by atoms with Gasteiger partial charge in [-0.2, -0.15) is 0 Å². The summed E-state index contributed by atoms with van der Waals surface area (Å²) in [5.41, 5.74) is 0.468. The molecule has 2 saturated carbocycles. The number of ether oxygens (including phenoxy) is 3. The minimum absolute atomic E-state index is 0.00263. The monoisotopic (exact) mass is 838 g/mol. The second kappa shape index (κ2) is 17.2. The predicted octanol–water partition coefficient (Wildman–Crippen LogP) is 7.71. The van der Waals surface area contributed by atoms with Gasteiger partial charge in [-0.25, -0.2) is 14.8 Å². The molecule has 0 radical (unpaired) electrons. The molecule has 14 nitrogen and oxygen atoms in total. The fourth-order valence-electron chi connectivity index (χ4n) is 8.00. The first-order valence-electron chi connectivity index (χ1n) is 20.3. The molecule has 3 fully saturated rings. The molecule has 16 heteroatoms. The number of anilines is 1. The van der Waals surface area contributed by atoms with Crippen LogP contribution in [0.4, 0.5) is 9.93 Å². The van der Waals surface area contributed by atoms with Crippen molar-refractivity contribution in [1.82, 2.24) is 25.5 Å². The van der Waals surface area contributed by atoms with E-state index in [1.54, 1.807) is 20.1 Å².